The van der Waals surface area contributed by atoms with Gasteiger partial charge in [-0.05, 0) is 33.3 Å². The topological polar surface area (TPSA) is 67.2 Å². The Morgan fingerprint density at radius 2 is 2.05 bits per heavy atom. The highest BCUT2D eigenvalue weighted by Gasteiger charge is 2.37. The van der Waals surface area contributed by atoms with E-state index in [0.29, 0.717) is 13.0 Å². The van der Waals surface area contributed by atoms with E-state index in [1.54, 1.807) is 11.8 Å². The lowest BCUT2D eigenvalue weighted by Crippen LogP contribution is -2.62. The molecule has 1 aliphatic rings. The molecule has 1 N–H and O–H groups in total. The average Bonchev–Trinajstić information content (AvgIpc) is 2.81. The maximum absolute atomic E-state index is 12.6. The summed E-state index contributed by atoms with van der Waals surface area (Å²) >= 11 is 0. The van der Waals surface area contributed by atoms with Gasteiger partial charge in [0, 0.05) is 6.54 Å². The summed E-state index contributed by atoms with van der Waals surface area (Å²) in [4.78, 5) is 26.3. The summed E-state index contributed by atoms with van der Waals surface area (Å²) in [6.07, 6.45) is 1.55. The second-order valence-electron chi connectivity index (χ2n) is 5.58. The molecule has 0 aromatic carbocycles. The second-order valence-corrected chi connectivity index (χ2v) is 5.58. The summed E-state index contributed by atoms with van der Waals surface area (Å²) in [7, 11) is 0. The van der Waals surface area contributed by atoms with Crippen LogP contribution < -0.4 is 5.32 Å². The molecule has 6 heteroatoms. The average molecular weight is 292 g/mol. The van der Waals surface area contributed by atoms with Crippen molar-refractivity contribution in [1.82, 2.24) is 20.0 Å². The SMILES string of the molecule is CCCC1NC(=O)C(C)N(Cc2cc(C)nn2CC)C1=O. The first-order valence-electron chi connectivity index (χ1n) is 7.62. The van der Waals surface area contributed by atoms with Gasteiger partial charge in [0.1, 0.15) is 12.1 Å². The molecule has 2 rings (SSSR count). The van der Waals surface area contributed by atoms with Gasteiger partial charge in [0.2, 0.25) is 11.8 Å². The van der Waals surface area contributed by atoms with Crippen molar-refractivity contribution in [3.63, 3.8) is 0 Å². The Labute approximate surface area is 125 Å². The number of aromatic nitrogens is 2. The number of carbonyl (C=O) groups is 2. The van der Waals surface area contributed by atoms with Crippen LogP contribution in [0, 0.1) is 6.92 Å². The maximum atomic E-state index is 12.6. The van der Waals surface area contributed by atoms with Crippen molar-refractivity contribution in [2.24, 2.45) is 0 Å². The zero-order chi connectivity index (χ0) is 15.6. The molecule has 1 aromatic heterocycles. The molecule has 0 bridgehead atoms. The number of rotatable bonds is 5. The van der Waals surface area contributed by atoms with Crippen molar-refractivity contribution in [2.75, 3.05) is 0 Å². The number of nitrogens with zero attached hydrogens (tertiary/aromatic N) is 3. The van der Waals surface area contributed by atoms with E-state index in [-0.39, 0.29) is 11.8 Å². The largest absolute Gasteiger partial charge is 0.343 e. The maximum Gasteiger partial charge on any atom is 0.246 e. The minimum atomic E-state index is -0.439. The quantitative estimate of drug-likeness (QED) is 0.887. The van der Waals surface area contributed by atoms with Crippen LogP contribution in [-0.2, 0) is 22.7 Å². The zero-order valence-electron chi connectivity index (χ0n) is 13.2. The molecule has 2 atom stereocenters. The van der Waals surface area contributed by atoms with Crippen LogP contribution in [0.25, 0.3) is 0 Å². The lowest BCUT2D eigenvalue weighted by atomic mass is 10.0. The van der Waals surface area contributed by atoms with E-state index in [0.717, 1.165) is 24.4 Å². The van der Waals surface area contributed by atoms with Crippen LogP contribution in [-0.4, -0.2) is 38.6 Å². The Morgan fingerprint density at radius 3 is 2.67 bits per heavy atom. The number of hydrogen-bond donors (Lipinski definition) is 1. The van der Waals surface area contributed by atoms with Crippen LogP contribution in [0.2, 0.25) is 0 Å². The number of aryl methyl sites for hydroxylation is 2. The van der Waals surface area contributed by atoms with Crippen LogP contribution in [0.5, 0.6) is 0 Å². The summed E-state index contributed by atoms with van der Waals surface area (Å²) in [6, 6.07) is 1.15. The van der Waals surface area contributed by atoms with Crippen molar-refractivity contribution >= 4 is 11.8 Å². The second kappa shape index (κ2) is 6.28. The molecule has 0 radical (unpaired) electrons. The van der Waals surface area contributed by atoms with Crippen LogP contribution >= 0.6 is 0 Å². The van der Waals surface area contributed by atoms with Crippen molar-refractivity contribution < 1.29 is 9.59 Å². The standard InChI is InChI=1S/C15H24N4O2/c1-5-7-13-15(21)18(11(4)14(20)16-13)9-12-8-10(3)17-19(12)6-2/h8,11,13H,5-7,9H2,1-4H3,(H,16,20). The molecule has 116 valence electrons. The van der Waals surface area contributed by atoms with Crippen LogP contribution in [0.15, 0.2) is 6.07 Å². The van der Waals surface area contributed by atoms with Crippen LogP contribution in [0.1, 0.15) is 45.0 Å². The number of hydrogen-bond acceptors (Lipinski definition) is 3. The molecule has 1 aliphatic heterocycles. The molecule has 6 nitrogen and oxygen atoms in total. The Hall–Kier alpha value is -1.85. The highest BCUT2D eigenvalue weighted by atomic mass is 16.2. The van der Waals surface area contributed by atoms with E-state index in [2.05, 4.69) is 10.4 Å². The van der Waals surface area contributed by atoms with E-state index in [1.807, 2.05) is 31.5 Å². The Balaban J connectivity index is 2.22. The van der Waals surface area contributed by atoms with Gasteiger partial charge in [-0.25, -0.2) is 0 Å². The fraction of sp³-hybridized carbons (Fsp3) is 0.667. The van der Waals surface area contributed by atoms with Crippen molar-refractivity contribution in [1.29, 1.82) is 0 Å². The predicted octanol–water partition coefficient (Wildman–Crippen LogP) is 1.23. The molecule has 21 heavy (non-hydrogen) atoms. The molecular formula is C15H24N4O2. The van der Waals surface area contributed by atoms with E-state index in [9.17, 15) is 9.59 Å². The number of carbonyl (C=O) groups excluding carboxylic acids is 2. The molecule has 1 aromatic rings. The third kappa shape index (κ3) is 3.09. The first-order chi connectivity index (χ1) is 9.97. The van der Waals surface area contributed by atoms with Gasteiger partial charge in [-0.2, -0.15) is 5.10 Å². The van der Waals surface area contributed by atoms with E-state index >= 15 is 0 Å². The minimum absolute atomic E-state index is 0.00505. The molecule has 2 unspecified atom stereocenters. The molecule has 1 fully saturated rings. The summed E-state index contributed by atoms with van der Waals surface area (Å²) < 4.78 is 1.89. The van der Waals surface area contributed by atoms with Crippen molar-refractivity contribution in [3.05, 3.63) is 17.5 Å². The Kier molecular flexibility index (Phi) is 4.65. The third-order valence-corrected chi connectivity index (χ3v) is 3.94. The highest BCUT2D eigenvalue weighted by molar-refractivity contribution is 5.96. The van der Waals surface area contributed by atoms with Crippen LogP contribution in [0.4, 0.5) is 0 Å². The molecule has 2 heterocycles. The van der Waals surface area contributed by atoms with Gasteiger partial charge in [0.25, 0.3) is 0 Å². The molecule has 2 amide bonds. The number of piperazine rings is 1. The van der Waals surface area contributed by atoms with Crippen molar-refractivity contribution in [2.45, 2.75) is 65.7 Å². The molecule has 0 aliphatic carbocycles. The smallest absolute Gasteiger partial charge is 0.246 e. The zero-order valence-corrected chi connectivity index (χ0v) is 13.2. The van der Waals surface area contributed by atoms with Gasteiger partial charge in [-0.1, -0.05) is 13.3 Å². The molecule has 1 saturated heterocycles. The molecule has 0 saturated carbocycles. The minimum Gasteiger partial charge on any atom is -0.343 e. The number of amides is 2. The van der Waals surface area contributed by atoms with Gasteiger partial charge in [0.15, 0.2) is 0 Å². The van der Waals surface area contributed by atoms with Gasteiger partial charge in [0.05, 0.1) is 17.9 Å². The van der Waals surface area contributed by atoms with E-state index in [1.165, 1.54) is 0 Å². The highest BCUT2D eigenvalue weighted by Crippen LogP contribution is 2.17. The van der Waals surface area contributed by atoms with Gasteiger partial charge >= 0.3 is 0 Å². The molecule has 0 spiro atoms. The molecular weight excluding hydrogens is 268 g/mol. The summed E-state index contributed by atoms with van der Waals surface area (Å²) in [5, 5.41) is 7.21. The summed E-state index contributed by atoms with van der Waals surface area (Å²) in [6.45, 7) is 8.92. The van der Waals surface area contributed by atoms with Crippen molar-refractivity contribution in [3.8, 4) is 0 Å². The summed E-state index contributed by atoms with van der Waals surface area (Å²) in [5.74, 6) is -0.0715. The van der Waals surface area contributed by atoms with Gasteiger partial charge < -0.3 is 10.2 Å². The van der Waals surface area contributed by atoms with E-state index < -0.39 is 12.1 Å². The normalized spacial score (nSPS) is 22.6. The lowest BCUT2D eigenvalue weighted by Gasteiger charge is -2.37. The fourth-order valence-electron chi connectivity index (χ4n) is 2.76. The fourth-order valence-corrected chi connectivity index (χ4v) is 2.76. The Morgan fingerprint density at radius 1 is 1.33 bits per heavy atom. The van der Waals surface area contributed by atoms with Gasteiger partial charge in [-0.15, -0.1) is 0 Å². The third-order valence-electron chi connectivity index (χ3n) is 3.94. The first-order valence-corrected chi connectivity index (χ1v) is 7.62. The van der Waals surface area contributed by atoms with Crippen LogP contribution in [0.3, 0.4) is 0 Å². The number of nitrogens with one attached hydrogen (secondary N) is 1. The predicted molar refractivity (Wildman–Crippen MR) is 79.5 cm³/mol. The summed E-state index contributed by atoms with van der Waals surface area (Å²) in [5.41, 5.74) is 1.90. The monoisotopic (exact) mass is 292 g/mol. The lowest BCUT2D eigenvalue weighted by molar-refractivity contribution is -0.149. The van der Waals surface area contributed by atoms with E-state index in [4.69, 9.17) is 0 Å². The van der Waals surface area contributed by atoms with Gasteiger partial charge in [-0.3, -0.25) is 14.3 Å². The Bertz CT molecular complexity index is 538. The first kappa shape index (κ1) is 15.5.